The highest BCUT2D eigenvalue weighted by Gasteiger charge is 2.15. The van der Waals surface area contributed by atoms with Crippen molar-refractivity contribution in [1.29, 1.82) is 0 Å². The highest BCUT2D eigenvalue weighted by Crippen LogP contribution is 2.21. The van der Waals surface area contributed by atoms with Gasteiger partial charge in [-0.2, -0.15) is 0 Å². The van der Waals surface area contributed by atoms with Crippen LogP contribution in [0.1, 0.15) is 42.4 Å². The summed E-state index contributed by atoms with van der Waals surface area (Å²) in [6, 6.07) is 5.71. The van der Waals surface area contributed by atoms with Crippen LogP contribution in [0.3, 0.4) is 0 Å². The summed E-state index contributed by atoms with van der Waals surface area (Å²) >= 11 is 0. The van der Waals surface area contributed by atoms with Crippen LogP contribution >= 0.6 is 0 Å². The molecule has 0 aliphatic heterocycles. The van der Waals surface area contributed by atoms with Crippen molar-refractivity contribution in [3.8, 4) is 0 Å². The number of hydrogen-bond acceptors (Lipinski definition) is 3. The molecule has 0 saturated heterocycles. The second-order valence-corrected chi connectivity index (χ2v) is 4.76. The quantitative estimate of drug-likeness (QED) is 0.812. The van der Waals surface area contributed by atoms with Gasteiger partial charge in [-0.15, -0.1) is 0 Å². The van der Waals surface area contributed by atoms with Gasteiger partial charge in [0.15, 0.2) is 5.78 Å². The van der Waals surface area contributed by atoms with Crippen molar-refractivity contribution < 1.29 is 9.90 Å². The predicted octanol–water partition coefficient (Wildman–Crippen LogP) is 2.48. The number of fused-ring (bicyclic) bond motifs is 1. The van der Waals surface area contributed by atoms with Gasteiger partial charge in [-0.3, -0.25) is 4.79 Å². The number of imidazole rings is 1. The first-order valence-electron chi connectivity index (χ1n) is 6.77. The van der Waals surface area contributed by atoms with E-state index in [1.807, 2.05) is 25.2 Å². The zero-order chi connectivity index (χ0) is 13.8. The van der Waals surface area contributed by atoms with Crippen LogP contribution in [0.5, 0.6) is 0 Å². The monoisotopic (exact) mass is 260 g/mol. The fourth-order valence-electron chi connectivity index (χ4n) is 2.31. The van der Waals surface area contributed by atoms with Gasteiger partial charge in [0, 0.05) is 32.1 Å². The molecule has 0 bridgehead atoms. The minimum Gasteiger partial charge on any atom is -0.396 e. The number of aliphatic hydroxyl groups is 1. The number of benzene rings is 1. The molecule has 19 heavy (non-hydrogen) atoms. The third-order valence-corrected chi connectivity index (χ3v) is 3.34. The van der Waals surface area contributed by atoms with Crippen molar-refractivity contribution in [1.82, 2.24) is 9.55 Å². The fourth-order valence-corrected chi connectivity index (χ4v) is 2.31. The third-order valence-electron chi connectivity index (χ3n) is 3.34. The Kier molecular flexibility index (Phi) is 4.32. The van der Waals surface area contributed by atoms with E-state index < -0.39 is 0 Å². The van der Waals surface area contributed by atoms with E-state index in [0.29, 0.717) is 18.4 Å². The SMILES string of the molecule is CCCc1nc2c(C(=O)CCCO)cccc2n1C. The average Bonchev–Trinajstić information content (AvgIpc) is 2.74. The van der Waals surface area contributed by atoms with Gasteiger partial charge >= 0.3 is 0 Å². The lowest BCUT2D eigenvalue weighted by atomic mass is 10.1. The first-order chi connectivity index (χ1) is 9.19. The molecule has 4 heteroatoms. The van der Waals surface area contributed by atoms with Crippen molar-refractivity contribution in [2.45, 2.75) is 32.6 Å². The van der Waals surface area contributed by atoms with Crippen LogP contribution in [0.4, 0.5) is 0 Å². The van der Waals surface area contributed by atoms with Gasteiger partial charge in [0.2, 0.25) is 0 Å². The molecule has 102 valence electrons. The Morgan fingerprint density at radius 2 is 2.21 bits per heavy atom. The molecule has 0 unspecified atom stereocenters. The summed E-state index contributed by atoms with van der Waals surface area (Å²) in [5, 5.41) is 8.82. The molecule has 1 aromatic heterocycles. The molecule has 2 rings (SSSR count). The number of para-hydroxylation sites is 1. The highest BCUT2D eigenvalue weighted by atomic mass is 16.3. The number of aromatic nitrogens is 2. The number of carbonyl (C=O) groups excluding carboxylic acids is 1. The molecule has 4 nitrogen and oxygen atoms in total. The minimum atomic E-state index is 0.0466. The fraction of sp³-hybridized carbons (Fsp3) is 0.467. The molecule has 0 spiro atoms. The lowest BCUT2D eigenvalue weighted by Gasteiger charge is -2.02. The molecule has 0 fully saturated rings. The van der Waals surface area contributed by atoms with Crippen molar-refractivity contribution in [3.63, 3.8) is 0 Å². The maximum Gasteiger partial charge on any atom is 0.165 e. The topological polar surface area (TPSA) is 55.1 Å². The largest absolute Gasteiger partial charge is 0.396 e. The Balaban J connectivity index is 2.45. The summed E-state index contributed by atoms with van der Waals surface area (Å²) in [5.41, 5.74) is 2.46. The molecular weight excluding hydrogens is 240 g/mol. The average molecular weight is 260 g/mol. The van der Waals surface area contributed by atoms with Crippen LogP contribution in [0, 0.1) is 0 Å². The van der Waals surface area contributed by atoms with Gasteiger partial charge in [0.1, 0.15) is 5.82 Å². The Morgan fingerprint density at radius 3 is 2.89 bits per heavy atom. The number of nitrogens with zero attached hydrogens (tertiary/aromatic N) is 2. The standard InChI is InChI=1S/C15H20N2O2/c1-3-6-14-16-15-11(13(19)9-5-10-18)7-4-8-12(15)17(14)2/h4,7-8,18H,3,5-6,9-10H2,1-2H3. The molecule has 1 heterocycles. The minimum absolute atomic E-state index is 0.0466. The van der Waals surface area contributed by atoms with Gasteiger partial charge < -0.3 is 9.67 Å². The van der Waals surface area contributed by atoms with Crippen LogP contribution in [0.2, 0.25) is 0 Å². The molecule has 1 N–H and O–H groups in total. The lowest BCUT2D eigenvalue weighted by molar-refractivity contribution is 0.0972. The number of aryl methyl sites for hydroxylation is 2. The summed E-state index contributed by atoms with van der Waals surface area (Å²) in [5.74, 6) is 1.07. The van der Waals surface area contributed by atoms with Gasteiger partial charge in [0.25, 0.3) is 0 Å². The smallest absolute Gasteiger partial charge is 0.165 e. The Hall–Kier alpha value is -1.68. The summed E-state index contributed by atoms with van der Waals surface area (Å²) in [4.78, 5) is 16.7. The summed E-state index contributed by atoms with van der Waals surface area (Å²) < 4.78 is 2.06. The van der Waals surface area contributed by atoms with Crippen molar-refractivity contribution in [3.05, 3.63) is 29.6 Å². The first-order valence-corrected chi connectivity index (χ1v) is 6.77. The zero-order valence-electron chi connectivity index (χ0n) is 11.5. The molecule has 0 aliphatic rings. The molecule has 2 aromatic rings. The molecule has 0 aliphatic carbocycles. The van der Waals surface area contributed by atoms with E-state index in [9.17, 15) is 4.79 Å². The zero-order valence-corrected chi connectivity index (χ0v) is 11.5. The van der Waals surface area contributed by atoms with E-state index in [-0.39, 0.29) is 12.4 Å². The second kappa shape index (κ2) is 5.97. The van der Waals surface area contributed by atoms with Gasteiger partial charge in [-0.1, -0.05) is 13.0 Å². The van der Waals surface area contributed by atoms with Crippen molar-refractivity contribution in [2.24, 2.45) is 7.05 Å². The van der Waals surface area contributed by atoms with E-state index in [2.05, 4.69) is 16.5 Å². The van der Waals surface area contributed by atoms with Crippen LogP contribution in [-0.2, 0) is 13.5 Å². The van der Waals surface area contributed by atoms with Crippen LogP contribution < -0.4 is 0 Å². The molecule has 0 radical (unpaired) electrons. The van der Waals surface area contributed by atoms with Gasteiger partial charge in [-0.05, 0) is 25.0 Å². The molecule has 1 aromatic carbocycles. The van der Waals surface area contributed by atoms with Gasteiger partial charge in [0.05, 0.1) is 11.0 Å². The first kappa shape index (κ1) is 13.7. The molecule has 0 amide bonds. The number of rotatable bonds is 6. The molecule has 0 atom stereocenters. The van der Waals surface area contributed by atoms with E-state index in [0.717, 1.165) is 29.7 Å². The maximum atomic E-state index is 12.1. The Labute approximate surface area is 113 Å². The molecule has 0 saturated carbocycles. The van der Waals surface area contributed by atoms with Crippen LogP contribution in [0.25, 0.3) is 11.0 Å². The van der Waals surface area contributed by atoms with E-state index in [1.165, 1.54) is 0 Å². The van der Waals surface area contributed by atoms with Gasteiger partial charge in [-0.25, -0.2) is 4.98 Å². The number of hydrogen-bond donors (Lipinski definition) is 1. The van der Waals surface area contributed by atoms with E-state index in [1.54, 1.807) is 0 Å². The lowest BCUT2D eigenvalue weighted by Crippen LogP contribution is -2.01. The Bertz CT molecular complexity index is 587. The second-order valence-electron chi connectivity index (χ2n) is 4.76. The van der Waals surface area contributed by atoms with Crippen molar-refractivity contribution >= 4 is 16.8 Å². The van der Waals surface area contributed by atoms with Crippen molar-refractivity contribution in [2.75, 3.05) is 6.61 Å². The number of Topliss-reactive ketones (excluding diaryl/α,β-unsaturated/α-hetero) is 1. The number of ketones is 1. The Morgan fingerprint density at radius 1 is 1.42 bits per heavy atom. The van der Waals surface area contributed by atoms with E-state index >= 15 is 0 Å². The third kappa shape index (κ3) is 2.68. The highest BCUT2D eigenvalue weighted by molar-refractivity contribution is 6.06. The van der Waals surface area contributed by atoms with Crippen LogP contribution in [0.15, 0.2) is 18.2 Å². The molecular formula is C15H20N2O2. The predicted molar refractivity (Wildman–Crippen MR) is 75.4 cm³/mol. The normalized spacial score (nSPS) is 11.1. The van der Waals surface area contributed by atoms with Crippen LogP contribution in [-0.4, -0.2) is 27.0 Å². The maximum absolute atomic E-state index is 12.1. The van der Waals surface area contributed by atoms with E-state index in [4.69, 9.17) is 5.11 Å². The summed E-state index contributed by atoms with van der Waals surface area (Å²) in [6.45, 7) is 2.16. The summed E-state index contributed by atoms with van der Waals surface area (Å²) in [6.07, 6.45) is 2.82. The number of carbonyl (C=O) groups is 1. The number of aliphatic hydroxyl groups excluding tert-OH is 1. The summed E-state index contributed by atoms with van der Waals surface area (Å²) in [7, 11) is 1.99.